The number of rotatable bonds is 6. The quantitative estimate of drug-likeness (QED) is 0.774. The van der Waals surface area contributed by atoms with Gasteiger partial charge in [-0.2, -0.15) is 5.10 Å². The highest BCUT2D eigenvalue weighted by atomic mass is 35.5. The average molecular weight is 245 g/mol. The first kappa shape index (κ1) is 13.0. The second-order valence-corrected chi connectivity index (χ2v) is 4.10. The zero-order valence-corrected chi connectivity index (χ0v) is 10.3. The summed E-state index contributed by atoms with van der Waals surface area (Å²) in [5, 5.41) is 7.84. The van der Waals surface area contributed by atoms with Gasteiger partial charge in [0.2, 0.25) is 5.91 Å². The van der Waals surface area contributed by atoms with Crippen LogP contribution < -0.4 is 11.1 Å². The fourth-order valence-corrected chi connectivity index (χ4v) is 1.50. The molecule has 0 aliphatic rings. The van der Waals surface area contributed by atoms with Crippen LogP contribution in [-0.4, -0.2) is 28.3 Å². The Balaban J connectivity index is 2.64. The Bertz CT molecular complexity index is 344. The Kier molecular flexibility index (Phi) is 4.76. The third kappa shape index (κ3) is 3.50. The maximum absolute atomic E-state index is 11.2. The number of halogens is 1. The van der Waals surface area contributed by atoms with Crippen molar-refractivity contribution in [2.45, 2.75) is 32.9 Å². The van der Waals surface area contributed by atoms with E-state index in [9.17, 15) is 4.79 Å². The summed E-state index contributed by atoms with van der Waals surface area (Å²) < 4.78 is 1.63. The van der Waals surface area contributed by atoms with Crippen molar-refractivity contribution < 1.29 is 4.79 Å². The number of aryl methyl sites for hydroxylation is 1. The Hall–Kier alpha value is -1.07. The van der Waals surface area contributed by atoms with Crippen molar-refractivity contribution in [3.05, 3.63) is 16.9 Å². The van der Waals surface area contributed by atoms with Crippen molar-refractivity contribution in [1.29, 1.82) is 0 Å². The minimum absolute atomic E-state index is 0.377. The molecule has 0 aromatic carbocycles. The predicted molar refractivity (Wildman–Crippen MR) is 63.3 cm³/mol. The maximum Gasteiger partial charge on any atom is 0.236 e. The molecule has 1 heterocycles. The summed E-state index contributed by atoms with van der Waals surface area (Å²) >= 11 is 5.88. The number of carbonyl (C=O) groups excluding carboxylic acids is 1. The van der Waals surface area contributed by atoms with Gasteiger partial charge < -0.3 is 11.1 Å². The van der Waals surface area contributed by atoms with Crippen molar-refractivity contribution in [2.24, 2.45) is 5.73 Å². The van der Waals surface area contributed by atoms with E-state index in [1.165, 1.54) is 0 Å². The van der Waals surface area contributed by atoms with Gasteiger partial charge in [-0.3, -0.25) is 9.48 Å². The van der Waals surface area contributed by atoms with E-state index >= 15 is 0 Å². The zero-order chi connectivity index (χ0) is 12.1. The van der Waals surface area contributed by atoms with Crippen LogP contribution >= 0.6 is 11.6 Å². The molecule has 16 heavy (non-hydrogen) atoms. The minimum Gasteiger partial charge on any atom is -0.368 e. The Morgan fingerprint density at radius 3 is 2.88 bits per heavy atom. The summed E-state index contributed by atoms with van der Waals surface area (Å²) in [6.45, 7) is 5.00. The number of amides is 1. The van der Waals surface area contributed by atoms with Crippen molar-refractivity contribution >= 4 is 17.5 Å². The first-order chi connectivity index (χ1) is 7.54. The van der Waals surface area contributed by atoms with E-state index in [0.29, 0.717) is 11.6 Å². The molecule has 6 heteroatoms. The second-order valence-electron chi connectivity index (χ2n) is 3.69. The molecule has 0 spiro atoms. The number of hydrogen-bond acceptors (Lipinski definition) is 3. The van der Waals surface area contributed by atoms with E-state index in [4.69, 9.17) is 17.3 Å². The number of nitrogens with zero attached hydrogens (tertiary/aromatic N) is 2. The first-order valence-electron chi connectivity index (χ1n) is 5.26. The van der Waals surface area contributed by atoms with Crippen LogP contribution in [0.15, 0.2) is 6.20 Å². The molecular formula is C10H17ClN4O. The van der Waals surface area contributed by atoms with Gasteiger partial charge in [-0.25, -0.2) is 0 Å². The van der Waals surface area contributed by atoms with Gasteiger partial charge >= 0.3 is 0 Å². The number of nitrogens with one attached hydrogen (secondary N) is 1. The molecule has 1 atom stereocenters. The molecule has 1 unspecified atom stereocenters. The normalized spacial score (nSPS) is 12.7. The molecule has 0 bridgehead atoms. The van der Waals surface area contributed by atoms with Gasteiger partial charge in [0.1, 0.15) is 6.04 Å². The molecule has 0 aliphatic heterocycles. The van der Waals surface area contributed by atoms with Gasteiger partial charge in [0.05, 0.1) is 17.3 Å². The third-order valence-electron chi connectivity index (χ3n) is 2.24. The smallest absolute Gasteiger partial charge is 0.236 e. The maximum atomic E-state index is 11.2. The van der Waals surface area contributed by atoms with Gasteiger partial charge in [-0.05, 0) is 19.9 Å². The number of aromatic nitrogens is 2. The van der Waals surface area contributed by atoms with Crippen LogP contribution in [0.25, 0.3) is 0 Å². The summed E-state index contributed by atoms with van der Waals surface area (Å²) in [5.74, 6) is -0.377. The molecule has 1 rings (SSSR count). The molecule has 0 radical (unpaired) electrons. The van der Waals surface area contributed by atoms with E-state index in [-0.39, 0.29) is 5.91 Å². The lowest BCUT2D eigenvalue weighted by Crippen LogP contribution is -2.44. The summed E-state index contributed by atoms with van der Waals surface area (Å²) in [5.41, 5.74) is 6.04. The van der Waals surface area contributed by atoms with E-state index in [0.717, 1.165) is 18.7 Å². The highest BCUT2D eigenvalue weighted by molar-refractivity contribution is 6.31. The molecule has 5 nitrogen and oxygen atoms in total. The Morgan fingerprint density at radius 1 is 1.75 bits per heavy atom. The van der Waals surface area contributed by atoms with Gasteiger partial charge in [0.15, 0.2) is 0 Å². The Labute approximate surface area is 99.9 Å². The first-order valence-corrected chi connectivity index (χ1v) is 5.64. The average Bonchev–Trinajstić information content (AvgIpc) is 2.52. The van der Waals surface area contributed by atoms with Crippen LogP contribution in [0.1, 0.15) is 19.0 Å². The molecule has 0 aliphatic carbocycles. The van der Waals surface area contributed by atoms with E-state index < -0.39 is 6.04 Å². The molecule has 3 N–H and O–H groups in total. The topological polar surface area (TPSA) is 72.9 Å². The molecule has 0 fully saturated rings. The van der Waals surface area contributed by atoms with Crippen LogP contribution in [0.5, 0.6) is 0 Å². The third-order valence-corrected chi connectivity index (χ3v) is 2.61. The van der Waals surface area contributed by atoms with Crippen LogP contribution in [0.3, 0.4) is 0 Å². The van der Waals surface area contributed by atoms with Gasteiger partial charge in [0, 0.05) is 6.20 Å². The SMILES string of the molecule is CCCNC(Cn1cc(Cl)c(C)n1)C(N)=O. The Morgan fingerprint density at radius 2 is 2.44 bits per heavy atom. The second kappa shape index (κ2) is 5.86. The van der Waals surface area contributed by atoms with Crippen LogP contribution in [0.4, 0.5) is 0 Å². The lowest BCUT2D eigenvalue weighted by atomic mass is 10.2. The van der Waals surface area contributed by atoms with Gasteiger partial charge in [-0.15, -0.1) is 0 Å². The van der Waals surface area contributed by atoms with Gasteiger partial charge in [0.25, 0.3) is 0 Å². The zero-order valence-electron chi connectivity index (χ0n) is 9.53. The highest BCUT2D eigenvalue weighted by Crippen LogP contribution is 2.12. The molecule has 0 saturated heterocycles. The lowest BCUT2D eigenvalue weighted by Gasteiger charge is -2.14. The van der Waals surface area contributed by atoms with Crippen molar-refractivity contribution in [2.75, 3.05) is 6.54 Å². The number of primary amides is 1. The predicted octanol–water partition coefficient (Wildman–Crippen LogP) is 0.698. The highest BCUT2D eigenvalue weighted by Gasteiger charge is 2.15. The largest absolute Gasteiger partial charge is 0.368 e. The summed E-state index contributed by atoms with van der Waals surface area (Å²) in [4.78, 5) is 11.2. The van der Waals surface area contributed by atoms with E-state index in [1.54, 1.807) is 10.9 Å². The molecule has 0 saturated carbocycles. The van der Waals surface area contributed by atoms with Gasteiger partial charge in [-0.1, -0.05) is 18.5 Å². The van der Waals surface area contributed by atoms with Crippen LogP contribution in [0.2, 0.25) is 5.02 Å². The summed E-state index contributed by atoms with van der Waals surface area (Å²) in [7, 11) is 0. The molecule has 90 valence electrons. The number of carbonyl (C=O) groups is 1. The van der Waals surface area contributed by atoms with Crippen molar-refractivity contribution in [3.63, 3.8) is 0 Å². The molecule has 1 aromatic heterocycles. The standard InChI is InChI=1S/C10H17ClN4O/c1-3-4-13-9(10(12)16)6-15-5-8(11)7(2)14-15/h5,9,13H,3-4,6H2,1-2H3,(H2,12,16). The molecular weight excluding hydrogens is 228 g/mol. The van der Waals surface area contributed by atoms with Crippen LogP contribution in [-0.2, 0) is 11.3 Å². The summed E-state index contributed by atoms with van der Waals surface area (Å²) in [6.07, 6.45) is 2.64. The van der Waals surface area contributed by atoms with E-state index in [2.05, 4.69) is 10.4 Å². The molecule has 1 amide bonds. The number of hydrogen-bond donors (Lipinski definition) is 2. The summed E-state index contributed by atoms with van der Waals surface area (Å²) in [6, 6.07) is -0.407. The lowest BCUT2D eigenvalue weighted by molar-refractivity contribution is -0.120. The van der Waals surface area contributed by atoms with Crippen molar-refractivity contribution in [3.8, 4) is 0 Å². The fraction of sp³-hybridized carbons (Fsp3) is 0.600. The monoisotopic (exact) mass is 244 g/mol. The minimum atomic E-state index is -0.407. The fourth-order valence-electron chi connectivity index (χ4n) is 1.35. The van der Waals surface area contributed by atoms with Crippen molar-refractivity contribution in [1.82, 2.24) is 15.1 Å². The number of nitrogens with two attached hydrogens (primary N) is 1. The van der Waals surface area contributed by atoms with Crippen LogP contribution in [0, 0.1) is 6.92 Å². The molecule has 1 aromatic rings. The van der Waals surface area contributed by atoms with E-state index in [1.807, 2.05) is 13.8 Å².